The standard InChI is InChI=1S/C30H27N3O5/c1-29-12-13-30(38-29,14-15-37-20-9-6-18(7-10-20)16-24(32)34)26-25(29)27(35)33(28(26)36)23-11-8-19(17-31)21-4-2-3-5-22(21)23/h2-11,25-26H,12-16H2,1H3,(H2,32,34)/t25-,26+,29-,30-/m1/s1. The molecule has 0 radical (unpaired) electrons. The third kappa shape index (κ3) is 3.57. The van der Waals surface area contributed by atoms with Crippen LogP contribution in [0.25, 0.3) is 10.8 Å². The minimum absolute atomic E-state index is 0.167. The minimum Gasteiger partial charge on any atom is -0.493 e. The van der Waals surface area contributed by atoms with Crippen molar-refractivity contribution in [2.45, 2.75) is 43.8 Å². The summed E-state index contributed by atoms with van der Waals surface area (Å²) in [5.74, 6) is -1.41. The number of hydrogen-bond donors (Lipinski definition) is 1. The SMILES string of the molecule is C[C@]12CC[C@](CCOc3ccc(CC(N)=O)cc3)(O1)[C@@H]1C(=O)N(c3ccc(C#N)c4ccccc34)C(=O)[C@@H]12. The third-order valence-electron chi connectivity index (χ3n) is 8.37. The molecule has 0 spiro atoms. The van der Waals surface area contributed by atoms with Crippen molar-refractivity contribution in [3.05, 3.63) is 71.8 Å². The van der Waals surface area contributed by atoms with Gasteiger partial charge in [0.25, 0.3) is 0 Å². The van der Waals surface area contributed by atoms with Crippen LogP contribution >= 0.6 is 0 Å². The van der Waals surface area contributed by atoms with Crippen molar-refractivity contribution in [3.8, 4) is 11.8 Å². The van der Waals surface area contributed by atoms with E-state index in [1.807, 2.05) is 31.2 Å². The van der Waals surface area contributed by atoms with Gasteiger partial charge >= 0.3 is 0 Å². The van der Waals surface area contributed by atoms with E-state index in [0.29, 0.717) is 53.6 Å². The molecule has 38 heavy (non-hydrogen) atoms. The summed E-state index contributed by atoms with van der Waals surface area (Å²) in [6.45, 7) is 2.25. The van der Waals surface area contributed by atoms with Crippen LogP contribution in [0, 0.1) is 23.2 Å². The van der Waals surface area contributed by atoms with Crippen LogP contribution in [0.5, 0.6) is 5.75 Å². The second-order valence-electron chi connectivity index (χ2n) is 10.6. The molecular formula is C30H27N3O5. The quantitative estimate of drug-likeness (QED) is 0.485. The van der Waals surface area contributed by atoms with Gasteiger partial charge in [-0.3, -0.25) is 14.4 Å². The number of hydrogen-bond acceptors (Lipinski definition) is 6. The lowest BCUT2D eigenvalue weighted by Crippen LogP contribution is -2.43. The highest BCUT2D eigenvalue weighted by molar-refractivity contribution is 6.26. The van der Waals surface area contributed by atoms with Gasteiger partial charge in [0.15, 0.2) is 0 Å². The molecule has 192 valence electrons. The lowest BCUT2D eigenvalue weighted by Gasteiger charge is -2.31. The van der Waals surface area contributed by atoms with Gasteiger partial charge in [0, 0.05) is 17.2 Å². The van der Waals surface area contributed by atoms with Crippen molar-refractivity contribution < 1.29 is 23.9 Å². The van der Waals surface area contributed by atoms with Gasteiger partial charge in [0.2, 0.25) is 17.7 Å². The first-order valence-corrected chi connectivity index (χ1v) is 12.8. The van der Waals surface area contributed by atoms with Crippen LogP contribution in [0.15, 0.2) is 60.7 Å². The molecule has 3 aliphatic heterocycles. The largest absolute Gasteiger partial charge is 0.493 e. The van der Waals surface area contributed by atoms with Gasteiger partial charge in [-0.05, 0) is 49.6 Å². The first kappa shape index (κ1) is 24.1. The van der Waals surface area contributed by atoms with Gasteiger partial charge in [-0.15, -0.1) is 0 Å². The number of nitrogens with two attached hydrogens (primary N) is 1. The molecule has 0 aliphatic carbocycles. The van der Waals surface area contributed by atoms with E-state index in [0.717, 1.165) is 5.56 Å². The Kier molecular flexibility index (Phi) is 5.51. The van der Waals surface area contributed by atoms with Crippen LogP contribution in [0.2, 0.25) is 0 Å². The minimum atomic E-state index is -0.783. The van der Waals surface area contributed by atoms with Crippen molar-refractivity contribution in [3.63, 3.8) is 0 Å². The van der Waals surface area contributed by atoms with E-state index in [1.54, 1.807) is 36.4 Å². The first-order valence-electron chi connectivity index (χ1n) is 12.8. The van der Waals surface area contributed by atoms with Gasteiger partial charge in [-0.2, -0.15) is 5.26 Å². The third-order valence-corrected chi connectivity index (χ3v) is 8.37. The number of nitriles is 1. The van der Waals surface area contributed by atoms with Crippen LogP contribution in [0.1, 0.15) is 37.3 Å². The number of benzene rings is 3. The number of fused-ring (bicyclic) bond motifs is 6. The fraction of sp³-hybridized carbons (Fsp3) is 0.333. The molecule has 8 heteroatoms. The molecule has 3 aliphatic rings. The Hall–Kier alpha value is -4.22. The van der Waals surface area contributed by atoms with E-state index < -0.39 is 28.9 Å². The summed E-state index contributed by atoms with van der Waals surface area (Å²) in [6, 6.07) is 20.1. The predicted octanol–water partition coefficient (Wildman–Crippen LogP) is 3.64. The summed E-state index contributed by atoms with van der Waals surface area (Å²) in [4.78, 5) is 40.3. The zero-order valence-corrected chi connectivity index (χ0v) is 21.0. The summed E-state index contributed by atoms with van der Waals surface area (Å²) in [5.41, 5.74) is 5.57. The molecule has 3 fully saturated rings. The van der Waals surface area contributed by atoms with Crippen LogP contribution in [-0.2, 0) is 25.5 Å². The molecule has 8 nitrogen and oxygen atoms in total. The van der Waals surface area contributed by atoms with Crippen molar-refractivity contribution in [1.82, 2.24) is 0 Å². The normalized spacial score (nSPS) is 27.5. The fourth-order valence-corrected chi connectivity index (χ4v) is 6.67. The average Bonchev–Trinajstić information content (AvgIpc) is 3.48. The highest BCUT2D eigenvalue weighted by Crippen LogP contribution is 2.62. The summed E-state index contributed by atoms with van der Waals surface area (Å²) < 4.78 is 12.5. The highest BCUT2D eigenvalue weighted by atomic mass is 16.5. The van der Waals surface area contributed by atoms with Gasteiger partial charge in [-0.25, -0.2) is 4.90 Å². The van der Waals surface area contributed by atoms with Crippen LogP contribution in [0.3, 0.4) is 0 Å². The van der Waals surface area contributed by atoms with Crippen LogP contribution < -0.4 is 15.4 Å². The lowest BCUT2D eigenvalue weighted by molar-refractivity contribution is -0.131. The van der Waals surface area contributed by atoms with E-state index in [1.165, 1.54) is 4.90 Å². The Morgan fingerprint density at radius 1 is 1.05 bits per heavy atom. The number of ether oxygens (including phenoxy) is 2. The maximum atomic E-state index is 14.0. The van der Waals surface area contributed by atoms with Crippen molar-refractivity contribution in [1.29, 1.82) is 5.26 Å². The number of primary amides is 1. The van der Waals surface area contributed by atoms with E-state index in [2.05, 4.69) is 6.07 Å². The molecule has 3 amide bonds. The van der Waals surface area contributed by atoms with Gasteiger partial charge in [0.05, 0.1) is 53.4 Å². The van der Waals surface area contributed by atoms with Crippen molar-refractivity contribution >= 4 is 34.2 Å². The lowest BCUT2D eigenvalue weighted by atomic mass is 9.67. The second-order valence-corrected chi connectivity index (χ2v) is 10.6. The monoisotopic (exact) mass is 509 g/mol. The maximum absolute atomic E-state index is 14.0. The fourth-order valence-electron chi connectivity index (χ4n) is 6.67. The molecular weight excluding hydrogens is 482 g/mol. The van der Waals surface area contributed by atoms with E-state index in [4.69, 9.17) is 15.2 Å². The molecule has 6 rings (SSSR count). The summed E-state index contributed by atoms with van der Waals surface area (Å²) in [5, 5.41) is 10.9. The zero-order chi connectivity index (χ0) is 26.7. The Balaban J connectivity index is 1.26. The molecule has 0 saturated carbocycles. The van der Waals surface area contributed by atoms with Gasteiger partial charge in [0.1, 0.15) is 5.75 Å². The Bertz CT molecular complexity index is 1530. The van der Waals surface area contributed by atoms with E-state index in [9.17, 15) is 19.6 Å². The molecule has 3 heterocycles. The Labute approximate surface area is 219 Å². The predicted molar refractivity (Wildman–Crippen MR) is 139 cm³/mol. The number of rotatable bonds is 7. The maximum Gasteiger partial charge on any atom is 0.240 e. The molecule has 4 atom stereocenters. The first-order chi connectivity index (χ1) is 18.3. The number of imide groups is 1. The molecule has 2 bridgehead atoms. The number of anilines is 1. The Morgan fingerprint density at radius 2 is 1.76 bits per heavy atom. The van der Waals surface area contributed by atoms with Gasteiger partial charge in [-0.1, -0.05) is 36.4 Å². The summed E-state index contributed by atoms with van der Waals surface area (Å²) >= 11 is 0. The highest BCUT2D eigenvalue weighted by Gasteiger charge is 2.73. The zero-order valence-electron chi connectivity index (χ0n) is 21.0. The number of amides is 3. The van der Waals surface area contributed by atoms with Crippen LogP contribution in [-0.4, -0.2) is 35.5 Å². The molecule has 0 aromatic heterocycles. The van der Waals surface area contributed by atoms with E-state index >= 15 is 0 Å². The van der Waals surface area contributed by atoms with Crippen LogP contribution in [0.4, 0.5) is 5.69 Å². The molecule has 3 aromatic carbocycles. The molecule has 2 N–H and O–H groups in total. The summed E-state index contributed by atoms with van der Waals surface area (Å²) in [6.07, 6.45) is 2.00. The second kappa shape index (κ2) is 8.67. The smallest absolute Gasteiger partial charge is 0.240 e. The number of nitrogens with zero attached hydrogens (tertiary/aromatic N) is 2. The molecule has 3 aromatic rings. The molecule has 0 unspecified atom stereocenters. The van der Waals surface area contributed by atoms with E-state index in [-0.39, 0.29) is 18.2 Å². The molecule has 3 saturated heterocycles. The summed E-state index contributed by atoms with van der Waals surface area (Å²) in [7, 11) is 0. The topological polar surface area (TPSA) is 123 Å². The van der Waals surface area contributed by atoms with Crippen molar-refractivity contribution in [2.75, 3.05) is 11.5 Å². The van der Waals surface area contributed by atoms with Gasteiger partial charge < -0.3 is 15.2 Å². The Morgan fingerprint density at radius 3 is 2.47 bits per heavy atom. The number of carbonyl (C=O) groups excluding carboxylic acids is 3. The number of carbonyl (C=O) groups is 3. The average molecular weight is 510 g/mol. The van der Waals surface area contributed by atoms with Crippen molar-refractivity contribution in [2.24, 2.45) is 17.6 Å².